The molecule has 0 spiro atoms. The van der Waals surface area contributed by atoms with Gasteiger partial charge in [0.25, 0.3) is 6.71 Å². The summed E-state index contributed by atoms with van der Waals surface area (Å²) >= 11 is 1.86. The summed E-state index contributed by atoms with van der Waals surface area (Å²) in [5.41, 5.74) is 14.0. The van der Waals surface area contributed by atoms with E-state index in [1.807, 2.05) is 30.0 Å². The molecule has 0 saturated heterocycles. The molecule has 6 aromatic rings. The van der Waals surface area contributed by atoms with Crippen LogP contribution in [0.5, 0.6) is 0 Å². The summed E-state index contributed by atoms with van der Waals surface area (Å²) in [7, 11) is 0. The van der Waals surface area contributed by atoms with Gasteiger partial charge in [-0.2, -0.15) is 0 Å². The molecule has 0 amide bonds. The molecule has 9 rings (SSSR count). The van der Waals surface area contributed by atoms with E-state index in [2.05, 4.69) is 130 Å². The average molecular weight is 551 g/mol. The Labute approximate surface area is 249 Å². The lowest BCUT2D eigenvalue weighted by molar-refractivity contribution is 1.17. The van der Waals surface area contributed by atoms with Crippen LogP contribution in [0, 0.1) is 6.57 Å². The molecule has 0 aliphatic carbocycles. The number of hydrogen-bond acceptors (Lipinski definition) is 3. The highest BCUT2D eigenvalue weighted by atomic mass is 32.2. The Morgan fingerprint density at radius 3 is 2.10 bits per heavy atom. The fourth-order valence-corrected chi connectivity index (χ4v) is 8.02. The summed E-state index contributed by atoms with van der Waals surface area (Å²) in [6, 6.07) is 47.7. The minimum Gasteiger partial charge on any atom is -0.311 e. The number of rotatable bonds is 2. The second-order valence-electron chi connectivity index (χ2n) is 10.9. The Hall–Kier alpha value is -5.18. The monoisotopic (exact) mass is 551 g/mol. The van der Waals surface area contributed by atoms with Gasteiger partial charge < -0.3 is 9.80 Å². The van der Waals surface area contributed by atoms with Crippen molar-refractivity contribution in [1.82, 2.24) is 0 Å². The van der Waals surface area contributed by atoms with Crippen molar-refractivity contribution in [3.05, 3.63) is 145 Å². The maximum atomic E-state index is 7.66. The standard InChI is InChI=1S/C37H22BN3S/c1-39-26-12-9-11-24(21-26)25-22-32-36-33(23-25)41-31-18-7-8-19-34(31)42-35-20-10-16-29(37(35)41)38(36)28-15-5-6-17-30(28)40(32)27-13-3-2-4-14-27/h2-23H. The first-order valence-electron chi connectivity index (χ1n) is 14.1. The van der Waals surface area contributed by atoms with E-state index in [-0.39, 0.29) is 6.71 Å². The van der Waals surface area contributed by atoms with Gasteiger partial charge in [0.05, 0.1) is 17.9 Å². The third-order valence-electron chi connectivity index (χ3n) is 8.61. The molecule has 3 aliphatic rings. The van der Waals surface area contributed by atoms with Gasteiger partial charge in [-0.1, -0.05) is 90.6 Å². The van der Waals surface area contributed by atoms with Gasteiger partial charge in [0.1, 0.15) is 0 Å². The maximum absolute atomic E-state index is 7.66. The van der Waals surface area contributed by atoms with Crippen molar-refractivity contribution in [1.29, 1.82) is 0 Å². The van der Waals surface area contributed by atoms with Crippen LogP contribution in [0.15, 0.2) is 143 Å². The minimum atomic E-state index is 0.104. The van der Waals surface area contributed by atoms with Crippen molar-refractivity contribution in [2.45, 2.75) is 9.79 Å². The summed E-state index contributed by atoms with van der Waals surface area (Å²) in [6.07, 6.45) is 0. The predicted molar refractivity (Wildman–Crippen MR) is 176 cm³/mol. The molecular weight excluding hydrogens is 529 g/mol. The molecule has 6 aromatic carbocycles. The van der Waals surface area contributed by atoms with E-state index >= 15 is 0 Å². The lowest BCUT2D eigenvalue weighted by Crippen LogP contribution is -2.61. The van der Waals surface area contributed by atoms with E-state index in [9.17, 15) is 0 Å². The third kappa shape index (κ3) is 3.24. The molecule has 0 N–H and O–H groups in total. The summed E-state index contributed by atoms with van der Waals surface area (Å²) in [5.74, 6) is 0. The molecule has 3 aliphatic heterocycles. The van der Waals surface area contributed by atoms with Crippen molar-refractivity contribution in [2.24, 2.45) is 0 Å². The summed E-state index contributed by atoms with van der Waals surface area (Å²) < 4.78 is 0. The fourth-order valence-electron chi connectivity index (χ4n) is 6.92. The number of fused-ring (bicyclic) bond motifs is 6. The quantitative estimate of drug-likeness (QED) is 0.158. The first-order valence-corrected chi connectivity index (χ1v) is 14.9. The van der Waals surface area contributed by atoms with E-state index in [0.717, 1.165) is 16.8 Å². The van der Waals surface area contributed by atoms with Crippen LogP contribution in [0.2, 0.25) is 0 Å². The number of anilines is 6. The summed E-state index contributed by atoms with van der Waals surface area (Å²) in [6.45, 7) is 7.76. The molecule has 3 nitrogen and oxygen atoms in total. The van der Waals surface area contributed by atoms with E-state index in [1.54, 1.807) is 0 Å². The zero-order chi connectivity index (χ0) is 27.8. The highest BCUT2D eigenvalue weighted by Crippen LogP contribution is 2.54. The minimum absolute atomic E-state index is 0.104. The Balaban J connectivity index is 1.43. The summed E-state index contributed by atoms with van der Waals surface area (Å²) in [4.78, 5) is 11.2. The van der Waals surface area contributed by atoms with E-state index < -0.39 is 0 Å². The highest BCUT2D eigenvalue weighted by molar-refractivity contribution is 7.99. The normalized spacial score (nSPS) is 13.5. The molecule has 42 heavy (non-hydrogen) atoms. The summed E-state index contributed by atoms with van der Waals surface area (Å²) in [5, 5.41) is 0. The van der Waals surface area contributed by atoms with Crippen molar-refractivity contribution >= 4 is 74.7 Å². The average Bonchev–Trinajstić information content (AvgIpc) is 3.06. The molecular formula is C37H22BN3S. The highest BCUT2D eigenvalue weighted by Gasteiger charge is 2.45. The van der Waals surface area contributed by atoms with E-state index in [4.69, 9.17) is 6.57 Å². The van der Waals surface area contributed by atoms with Gasteiger partial charge in [0.15, 0.2) is 5.69 Å². The van der Waals surface area contributed by atoms with E-state index in [0.29, 0.717) is 5.69 Å². The second-order valence-corrected chi connectivity index (χ2v) is 11.9. The van der Waals surface area contributed by atoms with Crippen molar-refractivity contribution in [2.75, 3.05) is 9.80 Å². The van der Waals surface area contributed by atoms with Gasteiger partial charge in [0, 0.05) is 32.5 Å². The van der Waals surface area contributed by atoms with Gasteiger partial charge >= 0.3 is 0 Å². The first kappa shape index (κ1) is 23.5. The largest absolute Gasteiger partial charge is 0.311 e. The smallest absolute Gasteiger partial charge is 0.252 e. The molecule has 5 heteroatoms. The lowest BCUT2D eigenvalue weighted by Gasteiger charge is -2.46. The van der Waals surface area contributed by atoms with Gasteiger partial charge in [0.2, 0.25) is 0 Å². The SMILES string of the molecule is [C-]#[N+]c1cccc(-c2cc3c4c(c2)N2c5ccccc5Sc5cccc(c52)B4c2ccccc2N3c2ccccc2)c1. The lowest BCUT2D eigenvalue weighted by atomic mass is 9.33. The number of nitrogens with zero attached hydrogens (tertiary/aromatic N) is 3. The second kappa shape index (κ2) is 8.91. The van der Waals surface area contributed by atoms with Crippen molar-refractivity contribution in [3.8, 4) is 11.1 Å². The number of hydrogen-bond donors (Lipinski definition) is 0. The Bertz CT molecular complexity index is 2120. The molecule has 0 bridgehead atoms. The van der Waals surface area contributed by atoms with Crippen LogP contribution in [0.4, 0.5) is 39.8 Å². The molecule has 0 unspecified atom stereocenters. The third-order valence-corrected chi connectivity index (χ3v) is 9.72. The molecule has 0 aromatic heterocycles. The van der Waals surface area contributed by atoms with Crippen LogP contribution >= 0.6 is 11.8 Å². The maximum Gasteiger partial charge on any atom is 0.252 e. The van der Waals surface area contributed by atoms with Crippen LogP contribution in [-0.4, -0.2) is 6.71 Å². The molecule has 0 saturated carbocycles. The van der Waals surface area contributed by atoms with Crippen LogP contribution in [0.25, 0.3) is 16.0 Å². The van der Waals surface area contributed by atoms with Crippen LogP contribution in [0.1, 0.15) is 0 Å². The zero-order valence-electron chi connectivity index (χ0n) is 22.5. The van der Waals surface area contributed by atoms with Gasteiger partial charge in [-0.3, -0.25) is 0 Å². The fraction of sp³-hybridized carbons (Fsp3) is 0. The van der Waals surface area contributed by atoms with Gasteiger partial charge in [-0.05, 0) is 82.1 Å². The van der Waals surface area contributed by atoms with Gasteiger partial charge in [-0.15, -0.1) is 0 Å². The van der Waals surface area contributed by atoms with Crippen molar-refractivity contribution < 1.29 is 0 Å². The Morgan fingerprint density at radius 2 is 1.24 bits per heavy atom. The number of para-hydroxylation sites is 4. The molecule has 0 atom stereocenters. The predicted octanol–water partition coefficient (Wildman–Crippen LogP) is 8.45. The molecule has 194 valence electrons. The van der Waals surface area contributed by atoms with Crippen LogP contribution in [-0.2, 0) is 0 Å². The van der Waals surface area contributed by atoms with Crippen molar-refractivity contribution in [3.63, 3.8) is 0 Å². The van der Waals surface area contributed by atoms with Gasteiger partial charge in [-0.25, -0.2) is 4.85 Å². The van der Waals surface area contributed by atoms with Crippen LogP contribution in [0.3, 0.4) is 0 Å². The molecule has 3 heterocycles. The van der Waals surface area contributed by atoms with Crippen LogP contribution < -0.4 is 26.2 Å². The number of benzene rings is 6. The zero-order valence-corrected chi connectivity index (χ0v) is 23.3. The molecule has 0 radical (unpaired) electrons. The Kier molecular flexibility index (Phi) is 4.99. The molecule has 0 fully saturated rings. The first-order chi connectivity index (χ1) is 20.8. The van der Waals surface area contributed by atoms with E-state index in [1.165, 1.54) is 54.6 Å². The Morgan fingerprint density at radius 1 is 0.548 bits per heavy atom. The topological polar surface area (TPSA) is 10.8 Å².